The summed E-state index contributed by atoms with van der Waals surface area (Å²) in [7, 11) is 3.14. The third-order valence-electron chi connectivity index (χ3n) is 4.70. The molecule has 7 nitrogen and oxygen atoms in total. The molecule has 7 heteroatoms. The Morgan fingerprint density at radius 1 is 0.929 bits per heavy atom. The number of rotatable bonds is 5. The van der Waals surface area contributed by atoms with E-state index in [0.717, 1.165) is 0 Å². The lowest BCUT2D eigenvalue weighted by atomic mass is 10.2. The van der Waals surface area contributed by atoms with Gasteiger partial charge in [0.2, 0.25) is 0 Å². The maximum absolute atomic E-state index is 13.1. The van der Waals surface area contributed by atoms with E-state index < -0.39 is 0 Å². The fourth-order valence-corrected chi connectivity index (χ4v) is 3.25. The fraction of sp³-hybridized carbons (Fsp3) is 0.190. The second-order valence-corrected chi connectivity index (χ2v) is 6.32. The fourth-order valence-electron chi connectivity index (χ4n) is 3.25. The summed E-state index contributed by atoms with van der Waals surface area (Å²) < 4.78 is 13.5. The van der Waals surface area contributed by atoms with Gasteiger partial charge in [0.25, 0.3) is 11.1 Å². The van der Waals surface area contributed by atoms with Crippen molar-refractivity contribution >= 4 is 21.8 Å². The number of methoxy groups -OCH3 is 2. The van der Waals surface area contributed by atoms with E-state index in [4.69, 9.17) is 9.47 Å². The van der Waals surface area contributed by atoms with Crippen LogP contribution in [0.4, 0.5) is 0 Å². The molecule has 1 aromatic carbocycles. The molecule has 142 valence electrons. The second-order valence-electron chi connectivity index (χ2n) is 6.32. The lowest BCUT2D eigenvalue weighted by Gasteiger charge is -2.12. The smallest absolute Gasteiger partial charge is 0.264 e. The number of hydrogen-bond donors (Lipinski definition) is 0. The van der Waals surface area contributed by atoms with Crippen molar-refractivity contribution < 1.29 is 9.47 Å². The van der Waals surface area contributed by atoms with E-state index in [9.17, 15) is 9.59 Å². The molecule has 0 bridgehead atoms. The first-order valence-electron chi connectivity index (χ1n) is 8.82. The van der Waals surface area contributed by atoms with Crippen LogP contribution in [-0.4, -0.2) is 34.9 Å². The van der Waals surface area contributed by atoms with Crippen LogP contribution in [0.1, 0.15) is 0 Å². The minimum Gasteiger partial charge on any atom is -0.495 e. The molecule has 3 heterocycles. The van der Waals surface area contributed by atoms with Crippen LogP contribution in [-0.2, 0) is 11.3 Å². The summed E-state index contributed by atoms with van der Waals surface area (Å²) in [5.74, 6) is 0.583. The van der Waals surface area contributed by atoms with Gasteiger partial charge >= 0.3 is 0 Å². The monoisotopic (exact) mass is 377 g/mol. The largest absolute Gasteiger partial charge is 0.495 e. The van der Waals surface area contributed by atoms with E-state index in [1.165, 1.54) is 4.57 Å². The van der Waals surface area contributed by atoms with Crippen molar-refractivity contribution in [2.45, 2.75) is 6.54 Å². The number of fused-ring (bicyclic) bond motifs is 2. The highest BCUT2D eigenvalue weighted by atomic mass is 16.5. The molecular weight excluding hydrogens is 358 g/mol. The Morgan fingerprint density at radius 3 is 2.39 bits per heavy atom. The van der Waals surface area contributed by atoms with Crippen LogP contribution in [0.5, 0.6) is 5.75 Å². The molecule has 0 saturated carbocycles. The van der Waals surface area contributed by atoms with Gasteiger partial charge in [0.15, 0.2) is 0 Å². The number of nitrogens with zero attached hydrogens (tertiary/aromatic N) is 3. The van der Waals surface area contributed by atoms with Gasteiger partial charge in [0.05, 0.1) is 41.2 Å². The third-order valence-corrected chi connectivity index (χ3v) is 4.70. The third kappa shape index (κ3) is 2.95. The Kier molecular flexibility index (Phi) is 4.67. The zero-order valence-corrected chi connectivity index (χ0v) is 15.6. The number of hydrogen-bond acceptors (Lipinski definition) is 5. The average Bonchev–Trinajstić information content (AvgIpc) is 2.73. The lowest BCUT2D eigenvalue weighted by Crippen LogP contribution is -2.23. The molecule has 0 aliphatic carbocycles. The van der Waals surface area contributed by atoms with E-state index in [1.807, 2.05) is 12.1 Å². The van der Waals surface area contributed by atoms with E-state index in [-0.39, 0.29) is 11.1 Å². The number of benzene rings is 1. The molecule has 4 rings (SSSR count). The van der Waals surface area contributed by atoms with Gasteiger partial charge in [-0.15, -0.1) is 0 Å². The molecule has 0 aliphatic heterocycles. The lowest BCUT2D eigenvalue weighted by molar-refractivity contribution is 0.186. The van der Waals surface area contributed by atoms with Gasteiger partial charge in [-0.1, -0.05) is 12.1 Å². The van der Waals surface area contributed by atoms with Crippen LogP contribution in [0.2, 0.25) is 0 Å². The van der Waals surface area contributed by atoms with Gasteiger partial charge < -0.3 is 14.0 Å². The molecule has 0 unspecified atom stereocenters. The van der Waals surface area contributed by atoms with Crippen LogP contribution in [0, 0.1) is 0 Å². The number of para-hydroxylation sites is 2. The van der Waals surface area contributed by atoms with Gasteiger partial charge in [-0.05, 0) is 30.3 Å². The maximum Gasteiger partial charge on any atom is 0.264 e. The Labute approximate surface area is 160 Å². The average molecular weight is 377 g/mol. The first kappa shape index (κ1) is 17.9. The summed E-state index contributed by atoms with van der Waals surface area (Å²) >= 11 is 0. The van der Waals surface area contributed by atoms with Crippen molar-refractivity contribution in [3.05, 3.63) is 75.6 Å². The molecule has 4 aromatic rings. The molecule has 0 N–H and O–H groups in total. The highest BCUT2D eigenvalue weighted by Crippen LogP contribution is 2.22. The van der Waals surface area contributed by atoms with E-state index >= 15 is 0 Å². The summed E-state index contributed by atoms with van der Waals surface area (Å²) in [6.45, 7) is 0.858. The summed E-state index contributed by atoms with van der Waals surface area (Å²) in [6.07, 6.45) is 3.36. The minimum absolute atomic E-state index is 0.198. The number of ether oxygens (including phenoxy) is 2. The predicted molar refractivity (Wildman–Crippen MR) is 108 cm³/mol. The summed E-state index contributed by atoms with van der Waals surface area (Å²) in [5, 5.41) is 0.781. The molecule has 0 fully saturated rings. The van der Waals surface area contributed by atoms with Gasteiger partial charge in [-0.2, -0.15) is 0 Å². The summed E-state index contributed by atoms with van der Waals surface area (Å²) in [6, 6.07) is 12.4. The standard InChI is InChI=1S/C21H19N3O4/c1-27-12-11-23-9-7-16-14(20(23)25)13-15-17(22-16)8-10-24(21(15)26)18-5-3-4-6-19(18)28-2/h3-10,13H,11-12H2,1-2H3. The molecule has 3 aromatic heterocycles. The van der Waals surface area contributed by atoms with Crippen LogP contribution in [0.3, 0.4) is 0 Å². The normalized spacial score (nSPS) is 11.2. The minimum atomic E-state index is -0.261. The zero-order chi connectivity index (χ0) is 19.7. The van der Waals surface area contributed by atoms with Crippen molar-refractivity contribution in [1.82, 2.24) is 14.1 Å². The van der Waals surface area contributed by atoms with Crippen molar-refractivity contribution in [1.29, 1.82) is 0 Å². The van der Waals surface area contributed by atoms with Crippen molar-refractivity contribution in [3.8, 4) is 11.4 Å². The molecule has 0 radical (unpaired) electrons. The van der Waals surface area contributed by atoms with E-state index in [1.54, 1.807) is 61.5 Å². The van der Waals surface area contributed by atoms with E-state index in [0.29, 0.717) is 46.4 Å². The molecule has 0 saturated heterocycles. The van der Waals surface area contributed by atoms with Crippen LogP contribution >= 0.6 is 0 Å². The highest BCUT2D eigenvalue weighted by molar-refractivity contribution is 5.91. The molecule has 0 amide bonds. The van der Waals surface area contributed by atoms with Gasteiger partial charge in [0, 0.05) is 26.0 Å². The van der Waals surface area contributed by atoms with Crippen molar-refractivity contribution in [2.24, 2.45) is 0 Å². The zero-order valence-electron chi connectivity index (χ0n) is 15.6. The Bertz CT molecular complexity index is 1290. The van der Waals surface area contributed by atoms with Gasteiger partial charge in [-0.3, -0.25) is 14.2 Å². The first-order valence-corrected chi connectivity index (χ1v) is 8.82. The molecule has 28 heavy (non-hydrogen) atoms. The number of aromatic nitrogens is 3. The molecule has 0 spiro atoms. The van der Waals surface area contributed by atoms with Gasteiger partial charge in [-0.25, -0.2) is 4.98 Å². The van der Waals surface area contributed by atoms with Crippen LogP contribution in [0.15, 0.2) is 64.4 Å². The van der Waals surface area contributed by atoms with E-state index in [2.05, 4.69) is 4.98 Å². The first-order chi connectivity index (χ1) is 13.6. The number of pyridine rings is 3. The van der Waals surface area contributed by atoms with Crippen molar-refractivity contribution in [3.63, 3.8) is 0 Å². The maximum atomic E-state index is 13.1. The second kappa shape index (κ2) is 7.28. The van der Waals surface area contributed by atoms with Crippen molar-refractivity contribution in [2.75, 3.05) is 20.8 Å². The predicted octanol–water partition coefficient (Wildman–Crippen LogP) is 2.36. The Balaban J connectivity index is 1.96. The quantitative estimate of drug-likeness (QED) is 0.499. The molecule has 0 aliphatic rings. The molecular formula is C21H19N3O4. The SMILES string of the molecule is COCCn1ccc2nc3ccn(-c4ccccc4OC)c(=O)c3cc2c1=O. The summed E-state index contributed by atoms with van der Waals surface area (Å²) in [5.41, 5.74) is 1.26. The Morgan fingerprint density at radius 2 is 1.64 bits per heavy atom. The highest BCUT2D eigenvalue weighted by Gasteiger charge is 2.12. The molecule has 0 atom stereocenters. The topological polar surface area (TPSA) is 75.3 Å². The van der Waals surface area contributed by atoms with Gasteiger partial charge in [0.1, 0.15) is 5.75 Å². The Hall–Kier alpha value is -3.45. The van der Waals surface area contributed by atoms with Crippen LogP contribution in [0.25, 0.3) is 27.5 Å². The van der Waals surface area contributed by atoms with Crippen LogP contribution < -0.4 is 15.9 Å². The summed E-state index contributed by atoms with van der Waals surface area (Å²) in [4.78, 5) is 30.4.